The second-order valence-electron chi connectivity index (χ2n) is 4.32. The zero-order valence-electron chi connectivity index (χ0n) is 7.61. The Kier molecular flexibility index (Phi) is 1.92. The molecule has 70 valence electrons. The van der Waals surface area contributed by atoms with E-state index in [0.29, 0.717) is 5.41 Å². The van der Waals surface area contributed by atoms with Gasteiger partial charge < -0.3 is 5.32 Å². The maximum atomic E-state index is 11.3. The molecular weight excluding hydrogens is 230 g/mol. The molecule has 0 unspecified atom stereocenters. The molecule has 2 rings (SSSR count). The minimum atomic E-state index is -0.150. The Balaban J connectivity index is 2.00. The summed E-state index contributed by atoms with van der Waals surface area (Å²) >= 11 is 2.92. The third-order valence-electron chi connectivity index (χ3n) is 3.42. The van der Waals surface area contributed by atoms with Gasteiger partial charge in [-0.15, -0.1) is 0 Å². The van der Waals surface area contributed by atoms with Crippen molar-refractivity contribution in [2.45, 2.75) is 38.1 Å². The molecule has 0 radical (unpaired) electrons. The van der Waals surface area contributed by atoms with Crippen LogP contribution in [0.3, 0.4) is 0 Å². The van der Waals surface area contributed by atoms with Gasteiger partial charge in [0.05, 0.1) is 0 Å². The van der Waals surface area contributed by atoms with E-state index in [4.69, 9.17) is 0 Å². The zero-order valence-corrected chi connectivity index (χ0v) is 9.20. The lowest BCUT2D eigenvalue weighted by Gasteiger charge is -2.22. The SMILES string of the molecule is CC1(C2(NC(=O)C#CBr)CC2)CC1. The summed E-state index contributed by atoms with van der Waals surface area (Å²) in [6.45, 7) is 2.25. The first-order valence-corrected chi connectivity index (χ1v) is 5.35. The van der Waals surface area contributed by atoms with Crippen molar-refractivity contribution in [3.8, 4) is 10.8 Å². The third kappa shape index (κ3) is 1.48. The van der Waals surface area contributed by atoms with Gasteiger partial charge in [0.2, 0.25) is 0 Å². The summed E-state index contributed by atoms with van der Waals surface area (Å²) in [6.07, 6.45) is 4.74. The van der Waals surface area contributed by atoms with Crippen molar-refractivity contribution in [2.24, 2.45) is 5.41 Å². The van der Waals surface area contributed by atoms with E-state index in [9.17, 15) is 4.79 Å². The second-order valence-corrected chi connectivity index (χ2v) is 4.71. The van der Waals surface area contributed by atoms with Crippen LogP contribution in [0, 0.1) is 16.2 Å². The van der Waals surface area contributed by atoms with Crippen molar-refractivity contribution in [1.29, 1.82) is 0 Å². The van der Waals surface area contributed by atoms with E-state index in [-0.39, 0.29) is 11.4 Å². The first kappa shape index (κ1) is 9.08. The molecule has 0 aliphatic heterocycles. The Morgan fingerprint density at radius 3 is 2.38 bits per heavy atom. The Morgan fingerprint density at radius 2 is 2.00 bits per heavy atom. The van der Waals surface area contributed by atoms with E-state index in [0.717, 1.165) is 12.8 Å². The number of hydrogen-bond acceptors (Lipinski definition) is 1. The molecule has 2 nitrogen and oxygen atoms in total. The van der Waals surface area contributed by atoms with Gasteiger partial charge >= 0.3 is 0 Å². The van der Waals surface area contributed by atoms with Crippen LogP contribution in [0.5, 0.6) is 0 Å². The van der Waals surface area contributed by atoms with Crippen LogP contribution in [-0.4, -0.2) is 11.4 Å². The number of amides is 1. The molecule has 2 aliphatic rings. The molecule has 3 heteroatoms. The summed E-state index contributed by atoms with van der Waals surface area (Å²) in [5.41, 5.74) is 0.470. The fourth-order valence-electron chi connectivity index (χ4n) is 1.96. The molecule has 0 bridgehead atoms. The molecule has 0 aromatic carbocycles. The summed E-state index contributed by atoms with van der Waals surface area (Å²) in [5.74, 6) is 2.31. The maximum absolute atomic E-state index is 11.3. The summed E-state index contributed by atoms with van der Waals surface area (Å²) < 4.78 is 0. The molecular formula is C10H12BrNO. The fourth-order valence-corrected chi connectivity index (χ4v) is 2.14. The topological polar surface area (TPSA) is 29.1 Å². The van der Waals surface area contributed by atoms with Gasteiger partial charge in [-0.25, -0.2) is 0 Å². The van der Waals surface area contributed by atoms with Crippen molar-refractivity contribution in [3.63, 3.8) is 0 Å². The van der Waals surface area contributed by atoms with Crippen LogP contribution in [0.1, 0.15) is 32.6 Å². The first-order chi connectivity index (χ1) is 6.12. The standard InChI is InChI=1S/C10H12BrNO/c1-9(3-4-9)10(5-6-10)12-8(13)2-7-11/h3-6H2,1H3,(H,12,13). The van der Waals surface area contributed by atoms with Gasteiger partial charge in [-0.05, 0) is 35.9 Å². The second kappa shape index (κ2) is 2.75. The van der Waals surface area contributed by atoms with Crippen LogP contribution in [0.4, 0.5) is 0 Å². The number of rotatable bonds is 2. The maximum Gasteiger partial charge on any atom is 0.297 e. The van der Waals surface area contributed by atoms with E-state index in [1.807, 2.05) is 0 Å². The van der Waals surface area contributed by atoms with Gasteiger partial charge in [-0.3, -0.25) is 4.79 Å². The van der Waals surface area contributed by atoms with Crippen LogP contribution in [0.15, 0.2) is 0 Å². The molecule has 0 saturated heterocycles. The van der Waals surface area contributed by atoms with Crippen LogP contribution in [-0.2, 0) is 4.79 Å². The van der Waals surface area contributed by atoms with E-state index in [2.05, 4.69) is 38.9 Å². The minimum absolute atomic E-state index is 0.0981. The van der Waals surface area contributed by atoms with Crippen LogP contribution in [0.25, 0.3) is 0 Å². The van der Waals surface area contributed by atoms with Gasteiger partial charge in [-0.2, -0.15) is 0 Å². The van der Waals surface area contributed by atoms with Crippen molar-refractivity contribution in [3.05, 3.63) is 0 Å². The molecule has 2 aliphatic carbocycles. The van der Waals surface area contributed by atoms with Gasteiger partial charge in [-0.1, -0.05) is 6.92 Å². The number of halogens is 1. The quantitative estimate of drug-likeness (QED) is 0.735. The van der Waals surface area contributed by atoms with E-state index in [1.165, 1.54) is 12.8 Å². The monoisotopic (exact) mass is 241 g/mol. The van der Waals surface area contributed by atoms with Gasteiger partial charge in [0.15, 0.2) is 0 Å². The number of carbonyl (C=O) groups excluding carboxylic acids is 1. The van der Waals surface area contributed by atoms with Gasteiger partial charge in [0.25, 0.3) is 5.91 Å². The Labute approximate surface area is 86.6 Å². The molecule has 1 amide bonds. The van der Waals surface area contributed by atoms with E-state index >= 15 is 0 Å². The zero-order chi connectivity index (χ0) is 9.53. The third-order valence-corrected chi connectivity index (χ3v) is 3.62. The molecule has 2 saturated carbocycles. The van der Waals surface area contributed by atoms with Crippen molar-refractivity contribution in [2.75, 3.05) is 0 Å². The fraction of sp³-hybridized carbons (Fsp3) is 0.700. The number of nitrogens with one attached hydrogen (secondary N) is 1. The van der Waals surface area contributed by atoms with Crippen LogP contribution < -0.4 is 5.32 Å². The van der Waals surface area contributed by atoms with E-state index in [1.54, 1.807) is 0 Å². The van der Waals surface area contributed by atoms with Gasteiger partial charge in [0.1, 0.15) is 0 Å². The molecule has 0 aromatic heterocycles. The first-order valence-electron chi connectivity index (χ1n) is 4.56. The largest absolute Gasteiger partial charge is 0.339 e. The highest BCUT2D eigenvalue weighted by molar-refractivity contribution is 9.12. The predicted octanol–water partition coefficient (Wildman–Crippen LogP) is 1.79. The van der Waals surface area contributed by atoms with Crippen molar-refractivity contribution >= 4 is 21.8 Å². The predicted molar refractivity (Wildman–Crippen MR) is 54.2 cm³/mol. The lowest BCUT2D eigenvalue weighted by atomic mass is 9.96. The highest BCUT2D eigenvalue weighted by Crippen LogP contribution is 2.63. The normalized spacial score (nSPS) is 25.4. The molecule has 13 heavy (non-hydrogen) atoms. The van der Waals surface area contributed by atoms with Crippen molar-refractivity contribution < 1.29 is 4.79 Å². The Hall–Kier alpha value is -0.490. The smallest absolute Gasteiger partial charge is 0.297 e. The molecule has 0 atom stereocenters. The Bertz CT molecular complexity index is 305. The Morgan fingerprint density at radius 1 is 1.38 bits per heavy atom. The molecule has 0 spiro atoms. The molecule has 2 fully saturated rings. The highest BCUT2D eigenvalue weighted by Gasteiger charge is 2.63. The van der Waals surface area contributed by atoms with Crippen LogP contribution >= 0.6 is 15.9 Å². The summed E-state index contributed by atoms with van der Waals surface area (Å²) in [7, 11) is 0. The molecule has 0 heterocycles. The lowest BCUT2D eigenvalue weighted by Crippen LogP contribution is -2.42. The lowest BCUT2D eigenvalue weighted by molar-refractivity contribution is -0.117. The van der Waals surface area contributed by atoms with Crippen LogP contribution in [0.2, 0.25) is 0 Å². The molecule has 1 N–H and O–H groups in total. The number of carbonyl (C=O) groups is 1. The average molecular weight is 242 g/mol. The molecule has 0 aromatic rings. The average Bonchev–Trinajstić information content (AvgIpc) is 2.90. The summed E-state index contributed by atoms with van der Waals surface area (Å²) in [4.78, 5) is 13.7. The highest BCUT2D eigenvalue weighted by atomic mass is 79.9. The van der Waals surface area contributed by atoms with Gasteiger partial charge in [0, 0.05) is 27.4 Å². The number of hydrogen-bond donors (Lipinski definition) is 1. The van der Waals surface area contributed by atoms with E-state index < -0.39 is 0 Å². The summed E-state index contributed by atoms with van der Waals surface area (Å²) in [5, 5.41) is 3.03. The minimum Gasteiger partial charge on any atom is -0.339 e. The van der Waals surface area contributed by atoms with Crippen molar-refractivity contribution in [1.82, 2.24) is 5.32 Å². The summed E-state index contributed by atoms with van der Waals surface area (Å²) in [6, 6.07) is 0.